The van der Waals surface area contributed by atoms with E-state index in [2.05, 4.69) is 0 Å². The molecule has 16 nitrogen and oxygen atoms in total. The van der Waals surface area contributed by atoms with Crippen molar-refractivity contribution in [1.82, 2.24) is 0 Å². The third kappa shape index (κ3) is 5.61. The van der Waals surface area contributed by atoms with Crippen molar-refractivity contribution in [2.24, 2.45) is 0 Å². The number of rotatable bonds is 4. The smallest absolute Gasteiger partial charge is 0.343 e. The number of esters is 1. The first-order valence-electron chi connectivity index (χ1n) is 15.4. The Morgan fingerprint density at radius 2 is 1.15 bits per heavy atom. The minimum atomic E-state index is -1.48. The van der Waals surface area contributed by atoms with Crippen LogP contribution in [0.25, 0.3) is 10.8 Å². The first-order chi connectivity index (χ1) is 24.6. The SMILES string of the molecule is O=C(Oc1c(O)cc(C2Oc3cc(O)cc(O)c3CC2O)c2cc(C3Oc4cc(O)cc(O)c4CC3O)cc(O)c(=O)c12)c1cc(O)c(O)c(O)c1. The molecule has 0 saturated heterocycles. The number of aromatic hydroxyl groups is 9. The molecular weight excluding hydrogens is 688 g/mol. The van der Waals surface area contributed by atoms with E-state index in [0.29, 0.717) is 0 Å². The fourth-order valence-electron chi connectivity index (χ4n) is 6.48. The van der Waals surface area contributed by atoms with E-state index < -0.39 is 81.3 Å². The number of benzene rings is 4. The van der Waals surface area contributed by atoms with Crippen LogP contribution in [0.3, 0.4) is 0 Å². The fraction of sp³-hybridized carbons (Fsp3) is 0.167. The number of hydrogen-bond donors (Lipinski definition) is 11. The first kappa shape index (κ1) is 33.7. The van der Waals surface area contributed by atoms with Gasteiger partial charge in [-0.05, 0) is 41.3 Å². The third-order valence-corrected chi connectivity index (χ3v) is 8.92. The van der Waals surface area contributed by atoms with Gasteiger partial charge in [0.05, 0.1) is 23.2 Å². The second-order valence-corrected chi connectivity index (χ2v) is 12.4. The van der Waals surface area contributed by atoms with E-state index in [9.17, 15) is 65.8 Å². The maximum absolute atomic E-state index is 14.0. The Labute approximate surface area is 290 Å². The summed E-state index contributed by atoms with van der Waals surface area (Å²) in [6.45, 7) is 0. The van der Waals surface area contributed by atoms with Crippen molar-refractivity contribution in [2.75, 3.05) is 0 Å². The molecule has 4 unspecified atom stereocenters. The lowest BCUT2D eigenvalue weighted by molar-refractivity contribution is 0.0193. The van der Waals surface area contributed by atoms with Crippen LogP contribution >= 0.6 is 0 Å². The van der Waals surface area contributed by atoms with Gasteiger partial charge >= 0.3 is 5.97 Å². The van der Waals surface area contributed by atoms with Crippen molar-refractivity contribution >= 4 is 16.7 Å². The Balaban J connectivity index is 1.45. The van der Waals surface area contributed by atoms with Crippen LogP contribution in [0.1, 0.15) is 44.8 Å². The number of phenolic OH excluding ortho intramolecular Hbond substituents is 8. The summed E-state index contributed by atoms with van der Waals surface area (Å²) in [4.78, 5) is 27.2. The summed E-state index contributed by atoms with van der Waals surface area (Å²) in [5.74, 6) is -8.36. The van der Waals surface area contributed by atoms with Gasteiger partial charge in [0.15, 0.2) is 40.6 Å². The summed E-state index contributed by atoms with van der Waals surface area (Å²) < 4.78 is 17.3. The number of aliphatic hydroxyl groups is 2. The van der Waals surface area contributed by atoms with Gasteiger partial charge < -0.3 is 70.4 Å². The Morgan fingerprint density at radius 1 is 0.615 bits per heavy atom. The number of ether oxygens (including phenoxy) is 3. The minimum absolute atomic E-state index is 0.0272. The average Bonchev–Trinajstić information content (AvgIpc) is 3.20. The Hall–Kier alpha value is -6.78. The van der Waals surface area contributed by atoms with Crippen LogP contribution in [-0.4, -0.2) is 74.3 Å². The van der Waals surface area contributed by atoms with Gasteiger partial charge in [0.2, 0.25) is 5.43 Å². The van der Waals surface area contributed by atoms with Crippen LogP contribution in [-0.2, 0) is 12.8 Å². The van der Waals surface area contributed by atoms with Gasteiger partial charge in [0.1, 0.15) is 40.6 Å². The van der Waals surface area contributed by atoms with Crippen LogP contribution in [0.15, 0.2) is 59.4 Å². The molecule has 0 bridgehead atoms. The van der Waals surface area contributed by atoms with Crippen LogP contribution in [0.5, 0.6) is 69.0 Å². The predicted molar refractivity (Wildman–Crippen MR) is 176 cm³/mol. The highest BCUT2D eigenvalue weighted by Gasteiger charge is 2.37. The van der Waals surface area contributed by atoms with Crippen molar-refractivity contribution in [3.63, 3.8) is 0 Å². The molecule has 268 valence electrons. The molecule has 0 fully saturated rings. The van der Waals surface area contributed by atoms with Crippen molar-refractivity contribution in [3.8, 4) is 69.0 Å². The summed E-state index contributed by atoms with van der Waals surface area (Å²) in [6, 6.07) is 9.08. The minimum Gasteiger partial charge on any atom is -0.508 e. The molecule has 2 aliphatic rings. The quantitative estimate of drug-likeness (QED) is 0.0724. The molecule has 16 heteroatoms. The first-order valence-corrected chi connectivity index (χ1v) is 15.4. The lowest BCUT2D eigenvalue weighted by atomic mass is 9.90. The predicted octanol–water partition coefficient (Wildman–Crippen LogP) is 2.84. The standard InChI is InChI=1S/C36H28O16/c37-14-5-20(39)18-10-25(44)33(50-28(18)7-14)12-1-16-17(34-26(45)11-19-21(40)6-15(38)8-29(19)51-34)9-27(46)35(30(16)32(48)24(43)2-12)52-36(49)13-3-22(41)31(47)23(42)4-13/h1-9,25-26,33-34,37-42,44-47H,10-11H2,(H,43,48). The molecule has 52 heavy (non-hydrogen) atoms. The molecule has 5 aromatic rings. The monoisotopic (exact) mass is 716 g/mol. The lowest BCUT2D eigenvalue weighted by Crippen LogP contribution is -2.31. The van der Waals surface area contributed by atoms with E-state index in [1.807, 2.05) is 0 Å². The Bertz CT molecular complexity index is 2370. The number of aliphatic hydroxyl groups excluding tert-OH is 2. The van der Waals surface area contributed by atoms with Crippen molar-refractivity contribution in [3.05, 3.63) is 92.6 Å². The van der Waals surface area contributed by atoms with Gasteiger partial charge in [-0.1, -0.05) is 0 Å². The van der Waals surface area contributed by atoms with Gasteiger partial charge in [0, 0.05) is 53.8 Å². The van der Waals surface area contributed by atoms with E-state index in [1.54, 1.807) is 0 Å². The number of hydrogen-bond acceptors (Lipinski definition) is 16. The molecule has 4 atom stereocenters. The number of carbonyl (C=O) groups excluding carboxylic acids is 1. The molecule has 0 aromatic heterocycles. The van der Waals surface area contributed by atoms with E-state index in [4.69, 9.17) is 14.2 Å². The normalized spacial score (nSPS) is 19.2. The Morgan fingerprint density at radius 3 is 1.73 bits per heavy atom. The van der Waals surface area contributed by atoms with E-state index >= 15 is 0 Å². The van der Waals surface area contributed by atoms with Gasteiger partial charge in [-0.15, -0.1) is 0 Å². The number of phenols is 8. The molecule has 0 aliphatic carbocycles. The molecule has 7 rings (SSSR count). The van der Waals surface area contributed by atoms with Crippen molar-refractivity contribution in [1.29, 1.82) is 0 Å². The summed E-state index contributed by atoms with van der Waals surface area (Å²) in [5.41, 5.74) is -1.69. The zero-order valence-electron chi connectivity index (χ0n) is 26.4. The van der Waals surface area contributed by atoms with E-state index in [1.165, 1.54) is 18.2 Å². The molecular formula is C36H28O16. The maximum Gasteiger partial charge on any atom is 0.343 e. The second-order valence-electron chi connectivity index (χ2n) is 12.4. The van der Waals surface area contributed by atoms with Gasteiger partial charge in [0.25, 0.3) is 0 Å². The van der Waals surface area contributed by atoms with E-state index in [-0.39, 0.29) is 75.0 Å². The van der Waals surface area contributed by atoms with Gasteiger partial charge in [-0.3, -0.25) is 4.79 Å². The highest BCUT2D eigenvalue weighted by molar-refractivity contribution is 5.99. The molecule has 0 spiro atoms. The molecule has 0 radical (unpaired) electrons. The average molecular weight is 717 g/mol. The summed E-state index contributed by atoms with van der Waals surface area (Å²) in [7, 11) is 0. The summed E-state index contributed by atoms with van der Waals surface area (Å²) in [5, 5.41) is 114. The van der Waals surface area contributed by atoms with Crippen molar-refractivity contribution in [2.45, 2.75) is 37.3 Å². The fourth-order valence-corrected chi connectivity index (χ4v) is 6.48. The van der Waals surface area contributed by atoms with Gasteiger partial charge in [-0.25, -0.2) is 4.79 Å². The summed E-state index contributed by atoms with van der Waals surface area (Å²) in [6.07, 6.45) is -6.18. The number of carbonyl (C=O) groups is 1. The van der Waals surface area contributed by atoms with Crippen molar-refractivity contribution < 1.29 is 75.2 Å². The number of fused-ring (bicyclic) bond motifs is 3. The second kappa shape index (κ2) is 12.2. The molecule has 2 heterocycles. The maximum atomic E-state index is 14.0. The molecule has 0 saturated carbocycles. The van der Waals surface area contributed by atoms with Crippen LogP contribution in [0.4, 0.5) is 0 Å². The highest BCUT2D eigenvalue weighted by atomic mass is 16.5. The zero-order valence-corrected chi connectivity index (χ0v) is 26.4. The zero-order chi connectivity index (χ0) is 37.3. The Kier molecular flexibility index (Phi) is 7.92. The third-order valence-electron chi connectivity index (χ3n) is 8.92. The molecule has 11 N–H and O–H groups in total. The molecule has 5 aromatic carbocycles. The van der Waals surface area contributed by atoms with Gasteiger partial charge in [-0.2, -0.15) is 0 Å². The highest BCUT2D eigenvalue weighted by Crippen LogP contribution is 2.48. The van der Waals surface area contributed by atoms with E-state index in [0.717, 1.165) is 36.4 Å². The molecule has 2 aliphatic heterocycles. The van der Waals surface area contributed by atoms with Crippen LogP contribution in [0.2, 0.25) is 0 Å². The largest absolute Gasteiger partial charge is 0.508 e. The lowest BCUT2D eigenvalue weighted by Gasteiger charge is -2.32. The topological polar surface area (TPSA) is 284 Å². The van der Waals surface area contributed by atoms with Crippen LogP contribution in [0, 0.1) is 0 Å². The van der Waals surface area contributed by atoms with Crippen LogP contribution < -0.4 is 19.6 Å². The molecule has 0 amide bonds. The summed E-state index contributed by atoms with van der Waals surface area (Å²) >= 11 is 0.